The van der Waals surface area contributed by atoms with Crippen LogP contribution in [-0.2, 0) is 10.0 Å². The van der Waals surface area contributed by atoms with Crippen LogP contribution in [0.5, 0.6) is 5.75 Å². The Morgan fingerprint density at radius 1 is 1.11 bits per heavy atom. The van der Waals surface area contributed by atoms with Gasteiger partial charge in [0.2, 0.25) is 10.0 Å². The van der Waals surface area contributed by atoms with E-state index in [0.717, 1.165) is 25.7 Å². The zero-order chi connectivity index (χ0) is 20.1. The smallest absolute Gasteiger partial charge is 0.279 e. The Morgan fingerprint density at radius 3 is 2.46 bits per heavy atom. The Hall–Kier alpha value is -2.43. The standard InChI is InChI=1S/C18H21N3O5S2/c1-26-14-9-8-12(17(22)19-20-18(23)15-7-4-10-27-15)11-16(14)28(24,25)21-13-5-2-3-6-13/h4,7-11,13,21H,2-3,5-6H2,1H3,(H,19,22)(H,20,23). The first kappa shape index (κ1) is 20.3. The number of hydrogen-bond donors (Lipinski definition) is 3. The number of hydrogen-bond acceptors (Lipinski definition) is 6. The van der Waals surface area contributed by atoms with Crippen LogP contribution >= 0.6 is 11.3 Å². The van der Waals surface area contributed by atoms with Gasteiger partial charge in [0.15, 0.2) is 0 Å². The normalized spacial score (nSPS) is 14.6. The molecule has 0 radical (unpaired) electrons. The third kappa shape index (κ3) is 4.70. The van der Waals surface area contributed by atoms with Gasteiger partial charge in [-0.15, -0.1) is 11.3 Å². The van der Waals surface area contributed by atoms with E-state index in [1.54, 1.807) is 17.5 Å². The molecule has 0 bridgehead atoms. The maximum atomic E-state index is 12.8. The third-order valence-corrected chi connectivity index (χ3v) is 6.84. The molecular formula is C18H21N3O5S2. The molecule has 3 rings (SSSR count). The molecule has 1 aliphatic rings. The molecule has 1 heterocycles. The molecule has 1 aromatic carbocycles. The third-order valence-electron chi connectivity index (χ3n) is 4.43. The average molecular weight is 424 g/mol. The van der Waals surface area contributed by atoms with E-state index in [4.69, 9.17) is 4.74 Å². The average Bonchev–Trinajstić information content (AvgIpc) is 3.39. The maximum absolute atomic E-state index is 12.8. The van der Waals surface area contributed by atoms with Crippen LogP contribution in [0, 0.1) is 0 Å². The summed E-state index contributed by atoms with van der Waals surface area (Å²) in [6.07, 6.45) is 3.54. The first-order valence-corrected chi connectivity index (χ1v) is 11.1. The van der Waals surface area contributed by atoms with Crippen LogP contribution in [0.25, 0.3) is 0 Å². The van der Waals surface area contributed by atoms with E-state index in [-0.39, 0.29) is 22.3 Å². The zero-order valence-electron chi connectivity index (χ0n) is 15.2. The minimum Gasteiger partial charge on any atom is -0.495 e. The molecular weight excluding hydrogens is 402 g/mol. The van der Waals surface area contributed by atoms with Crippen molar-refractivity contribution in [1.82, 2.24) is 15.6 Å². The molecule has 0 atom stereocenters. The van der Waals surface area contributed by atoms with Crippen molar-refractivity contribution >= 4 is 33.2 Å². The fraction of sp³-hybridized carbons (Fsp3) is 0.333. The summed E-state index contributed by atoms with van der Waals surface area (Å²) in [7, 11) is -2.48. The minimum atomic E-state index is -3.85. The molecule has 1 fully saturated rings. The van der Waals surface area contributed by atoms with Crippen molar-refractivity contribution in [3.05, 3.63) is 46.2 Å². The number of hydrazine groups is 1. The molecule has 0 saturated heterocycles. The van der Waals surface area contributed by atoms with Crippen molar-refractivity contribution in [2.24, 2.45) is 0 Å². The highest BCUT2D eigenvalue weighted by Crippen LogP contribution is 2.27. The molecule has 150 valence electrons. The number of sulfonamides is 1. The molecule has 1 aromatic heterocycles. The summed E-state index contributed by atoms with van der Waals surface area (Å²) < 4.78 is 33.4. The van der Waals surface area contributed by atoms with E-state index < -0.39 is 21.8 Å². The van der Waals surface area contributed by atoms with E-state index in [1.807, 2.05) is 0 Å². The van der Waals surface area contributed by atoms with Crippen LogP contribution in [0.15, 0.2) is 40.6 Å². The molecule has 2 amide bonds. The molecule has 0 spiro atoms. The van der Waals surface area contributed by atoms with Crippen LogP contribution in [-0.4, -0.2) is 33.4 Å². The van der Waals surface area contributed by atoms with Crippen LogP contribution in [0.4, 0.5) is 0 Å². The van der Waals surface area contributed by atoms with Gasteiger partial charge >= 0.3 is 0 Å². The predicted octanol–water partition coefficient (Wildman–Crippen LogP) is 2.05. The Balaban J connectivity index is 1.75. The lowest BCUT2D eigenvalue weighted by molar-refractivity contribution is 0.0848. The van der Waals surface area contributed by atoms with Crippen molar-refractivity contribution in [2.45, 2.75) is 36.6 Å². The van der Waals surface area contributed by atoms with E-state index in [0.29, 0.717) is 4.88 Å². The van der Waals surface area contributed by atoms with Gasteiger partial charge < -0.3 is 4.74 Å². The summed E-state index contributed by atoms with van der Waals surface area (Å²) in [5.74, 6) is -0.942. The lowest BCUT2D eigenvalue weighted by Crippen LogP contribution is -2.41. The van der Waals surface area contributed by atoms with Gasteiger partial charge in [-0.05, 0) is 42.5 Å². The van der Waals surface area contributed by atoms with Gasteiger partial charge in [0, 0.05) is 11.6 Å². The van der Waals surface area contributed by atoms with E-state index >= 15 is 0 Å². The molecule has 1 saturated carbocycles. The fourth-order valence-electron chi connectivity index (χ4n) is 3.01. The van der Waals surface area contributed by atoms with E-state index in [9.17, 15) is 18.0 Å². The fourth-order valence-corrected chi connectivity index (χ4v) is 5.13. The van der Waals surface area contributed by atoms with Crippen molar-refractivity contribution < 1.29 is 22.7 Å². The Morgan fingerprint density at radius 2 is 1.82 bits per heavy atom. The summed E-state index contributed by atoms with van der Waals surface area (Å²) in [5.41, 5.74) is 4.68. The van der Waals surface area contributed by atoms with Gasteiger partial charge in [-0.1, -0.05) is 18.9 Å². The number of ether oxygens (including phenoxy) is 1. The molecule has 3 N–H and O–H groups in total. The summed E-state index contributed by atoms with van der Waals surface area (Å²) in [4.78, 5) is 24.6. The van der Waals surface area contributed by atoms with Crippen LogP contribution in [0.3, 0.4) is 0 Å². The van der Waals surface area contributed by atoms with Crippen LogP contribution in [0.2, 0.25) is 0 Å². The second kappa shape index (κ2) is 8.72. The van der Waals surface area contributed by atoms with Crippen molar-refractivity contribution in [2.75, 3.05) is 7.11 Å². The molecule has 8 nitrogen and oxygen atoms in total. The van der Waals surface area contributed by atoms with E-state index in [1.165, 1.54) is 36.6 Å². The Labute approximate surface area is 167 Å². The van der Waals surface area contributed by atoms with Crippen molar-refractivity contribution in [3.63, 3.8) is 0 Å². The number of methoxy groups -OCH3 is 1. The van der Waals surface area contributed by atoms with Crippen LogP contribution in [0.1, 0.15) is 45.7 Å². The number of benzene rings is 1. The van der Waals surface area contributed by atoms with Crippen LogP contribution < -0.4 is 20.3 Å². The summed E-state index contributed by atoms with van der Waals surface area (Å²) in [6, 6.07) is 7.32. The predicted molar refractivity (Wildman–Crippen MR) is 105 cm³/mol. The lowest BCUT2D eigenvalue weighted by atomic mass is 10.2. The summed E-state index contributed by atoms with van der Waals surface area (Å²) >= 11 is 1.24. The van der Waals surface area contributed by atoms with Gasteiger partial charge in [0.1, 0.15) is 10.6 Å². The van der Waals surface area contributed by atoms with Gasteiger partial charge in [0.25, 0.3) is 11.8 Å². The monoisotopic (exact) mass is 423 g/mol. The number of rotatable bonds is 6. The van der Waals surface area contributed by atoms with Crippen molar-refractivity contribution in [3.8, 4) is 5.75 Å². The topological polar surface area (TPSA) is 114 Å². The lowest BCUT2D eigenvalue weighted by Gasteiger charge is -2.16. The quantitative estimate of drug-likeness (QED) is 0.616. The first-order valence-electron chi connectivity index (χ1n) is 8.75. The van der Waals surface area contributed by atoms with Gasteiger partial charge in [-0.3, -0.25) is 20.4 Å². The molecule has 0 aliphatic heterocycles. The highest BCUT2D eigenvalue weighted by Gasteiger charge is 2.26. The Bertz CT molecular complexity index is 952. The highest BCUT2D eigenvalue weighted by molar-refractivity contribution is 7.89. The molecule has 1 aliphatic carbocycles. The first-order chi connectivity index (χ1) is 13.4. The highest BCUT2D eigenvalue weighted by atomic mass is 32.2. The second-order valence-corrected chi connectivity index (χ2v) is 8.98. The molecule has 2 aromatic rings. The zero-order valence-corrected chi connectivity index (χ0v) is 16.9. The molecule has 28 heavy (non-hydrogen) atoms. The number of nitrogens with one attached hydrogen (secondary N) is 3. The SMILES string of the molecule is COc1ccc(C(=O)NNC(=O)c2cccs2)cc1S(=O)(=O)NC1CCCC1. The second-order valence-electron chi connectivity index (χ2n) is 6.35. The van der Waals surface area contributed by atoms with Gasteiger partial charge in [-0.25, -0.2) is 13.1 Å². The van der Waals surface area contributed by atoms with Gasteiger partial charge in [0.05, 0.1) is 12.0 Å². The summed E-state index contributed by atoms with van der Waals surface area (Å²) in [6.45, 7) is 0. The number of thiophene rings is 1. The summed E-state index contributed by atoms with van der Waals surface area (Å²) in [5, 5.41) is 1.74. The minimum absolute atomic E-state index is 0.0825. The molecule has 0 unspecified atom stereocenters. The largest absolute Gasteiger partial charge is 0.495 e. The number of carbonyl (C=O) groups excluding carboxylic acids is 2. The van der Waals surface area contributed by atoms with E-state index in [2.05, 4.69) is 15.6 Å². The number of carbonyl (C=O) groups is 2. The maximum Gasteiger partial charge on any atom is 0.279 e. The van der Waals surface area contributed by atoms with Crippen molar-refractivity contribution in [1.29, 1.82) is 0 Å². The molecule has 10 heteroatoms. The number of amides is 2. The Kier molecular flexibility index (Phi) is 6.32. The van der Waals surface area contributed by atoms with Gasteiger partial charge in [-0.2, -0.15) is 0 Å².